The molecule has 0 aliphatic rings. The van der Waals surface area contributed by atoms with Gasteiger partial charge in [0.2, 0.25) is 0 Å². The molecule has 2 rings (SSSR count). The zero-order valence-electron chi connectivity index (χ0n) is 9.05. The first-order valence-electron chi connectivity index (χ1n) is 5.12. The molecule has 3 nitrogen and oxygen atoms in total. The molecule has 0 aliphatic heterocycles. The van der Waals surface area contributed by atoms with Gasteiger partial charge in [-0.25, -0.2) is 4.79 Å². The smallest absolute Gasteiger partial charge is 0.328 e. The highest BCUT2D eigenvalue weighted by Crippen LogP contribution is 2.20. The van der Waals surface area contributed by atoms with Gasteiger partial charge in [-0.3, -0.25) is 0 Å². The van der Waals surface area contributed by atoms with Gasteiger partial charge in [0.1, 0.15) is 0 Å². The minimum atomic E-state index is -0.909. The number of aryl methyl sites for hydroxylation is 1. The van der Waals surface area contributed by atoms with Crippen molar-refractivity contribution in [2.24, 2.45) is 0 Å². The lowest BCUT2D eigenvalue weighted by atomic mass is 10.2. The molecule has 0 unspecified atom stereocenters. The van der Waals surface area contributed by atoms with E-state index in [2.05, 4.69) is 13.0 Å². The minimum absolute atomic E-state index is 0.584. The van der Waals surface area contributed by atoms with Gasteiger partial charge < -0.3 is 9.67 Å². The van der Waals surface area contributed by atoms with Crippen molar-refractivity contribution in [1.82, 2.24) is 4.57 Å². The summed E-state index contributed by atoms with van der Waals surface area (Å²) in [5, 5.41) is 9.73. The van der Waals surface area contributed by atoms with E-state index in [4.69, 9.17) is 5.11 Å². The van der Waals surface area contributed by atoms with E-state index in [1.54, 1.807) is 6.08 Å². The first kappa shape index (κ1) is 10.5. The second kappa shape index (κ2) is 4.23. The molecule has 0 bridgehead atoms. The third kappa shape index (κ3) is 1.98. The van der Waals surface area contributed by atoms with Crippen LogP contribution >= 0.6 is 0 Å². The molecule has 0 aliphatic carbocycles. The minimum Gasteiger partial charge on any atom is -0.478 e. The normalized spacial score (nSPS) is 11.3. The summed E-state index contributed by atoms with van der Waals surface area (Å²) < 4.78 is 2.05. The highest BCUT2D eigenvalue weighted by atomic mass is 16.4. The Morgan fingerprint density at radius 1 is 1.44 bits per heavy atom. The molecule has 1 N–H and O–H groups in total. The maximum atomic E-state index is 10.4. The van der Waals surface area contributed by atoms with Crippen LogP contribution in [0.1, 0.15) is 5.56 Å². The predicted molar refractivity (Wildman–Crippen MR) is 63.5 cm³/mol. The largest absolute Gasteiger partial charge is 0.478 e. The summed E-state index contributed by atoms with van der Waals surface area (Å²) in [6, 6.07) is 8.10. The fraction of sp³-hybridized carbons (Fsp3) is 0.154. The molecule has 1 aromatic carbocycles. The van der Waals surface area contributed by atoms with Crippen LogP contribution in [0.3, 0.4) is 0 Å². The number of rotatable bonds is 3. The number of carboxylic acid groups (broad SMARTS) is 1. The van der Waals surface area contributed by atoms with Crippen molar-refractivity contribution in [3.63, 3.8) is 0 Å². The zero-order valence-corrected chi connectivity index (χ0v) is 9.05. The van der Waals surface area contributed by atoms with Crippen molar-refractivity contribution in [2.75, 3.05) is 0 Å². The van der Waals surface area contributed by atoms with E-state index < -0.39 is 5.97 Å². The molecule has 0 atom stereocenters. The topological polar surface area (TPSA) is 42.2 Å². The van der Waals surface area contributed by atoms with Gasteiger partial charge in [-0.1, -0.05) is 24.3 Å². The molecule has 0 spiro atoms. The van der Waals surface area contributed by atoms with Crippen LogP contribution in [0.5, 0.6) is 0 Å². The average Bonchev–Trinajstić information content (AvgIpc) is 2.57. The quantitative estimate of drug-likeness (QED) is 0.799. The molecule has 1 heterocycles. The average molecular weight is 215 g/mol. The summed E-state index contributed by atoms with van der Waals surface area (Å²) in [4.78, 5) is 10.4. The van der Waals surface area contributed by atoms with Gasteiger partial charge in [0.25, 0.3) is 0 Å². The number of carbonyl (C=O) groups is 1. The van der Waals surface area contributed by atoms with E-state index in [0.717, 1.165) is 5.52 Å². The fourth-order valence-electron chi connectivity index (χ4n) is 1.85. The van der Waals surface area contributed by atoms with E-state index in [0.29, 0.717) is 6.54 Å². The van der Waals surface area contributed by atoms with E-state index in [-0.39, 0.29) is 0 Å². The van der Waals surface area contributed by atoms with Crippen molar-refractivity contribution >= 4 is 16.9 Å². The molecule has 82 valence electrons. The number of aliphatic carboxylic acids is 1. The van der Waals surface area contributed by atoms with Crippen LogP contribution in [-0.4, -0.2) is 15.6 Å². The van der Waals surface area contributed by atoms with Crippen LogP contribution in [0.4, 0.5) is 0 Å². The second-order valence-corrected chi connectivity index (χ2v) is 3.72. The van der Waals surface area contributed by atoms with E-state index in [1.165, 1.54) is 17.0 Å². The molecular formula is C13H13NO2. The Morgan fingerprint density at radius 3 is 2.94 bits per heavy atom. The Balaban J connectivity index is 2.34. The van der Waals surface area contributed by atoms with Crippen molar-refractivity contribution < 1.29 is 9.90 Å². The van der Waals surface area contributed by atoms with Gasteiger partial charge in [-0.2, -0.15) is 0 Å². The van der Waals surface area contributed by atoms with Gasteiger partial charge in [0, 0.05) is 29.7 Å². The molecule has 16 heavy (non-hydrogen) atoms. The van der Waals surface area contributed by atoms with Crippen molar-refractivity contribution in [1.29, 1.82) is 0 Å². The van der Waals surface area contributed by atoms with Gasteiger partial charge in [0.05, 0.1) is 0 Å². The number of aromatic nitrogens is 1. The van der Waals surface area contributed by atoms with Crippen molar-refractivity contribution in [3.05, 3.63) is 48.2 Å². The standard InChI is InChI=1S/C13H13NO2/c1-10-9-14(8-4-7-13(15)16)12-6-3-2-5-11(10)12/h2-7,9H,8H2,1H3,(H,15,16). The molecule has 0 radical (unpaired) electrons. The molecule has 2 aromatic rings. The Labute approximate surface area is 93.6 Å². The van der Waals surface area contributed by atoms with Gasteiger partial charge in [-0.05, 0) is 18.6 Å². The summed E-state index contributed by atoms with van der Waals surface area (Å²) in [6.07, 6.45) is 4.86. The fourth-order valence-corrected chi connectivity index (χ4v) is 1.85. The predicted octanol–water partition coefficient (Wildman–Crippen LogP) is 2.59. The van der Waals surface area contributed by atoms with Crippen molar-refractivity contribution in [2.45, 2.75) is 13.5 Å². The van der Waals surface area contributed by atoms with Crippen LogP contribution in [0.25, 0.3) is 10.9 Å². The first-order valence-corrected chi connectivity index (χ1v) is 5.12. The van der Waals surface area contributed by atoms with Gasteiger partial charge in [0.15, 0.2) is 0 Å². The molecule has 0 saturated heterocycles. The summed E-state index contributed by atoms with van der Waals surface area (Å²) in [5.41, 5.74) is 2.34. The lowest BCUT2D eigenvalue weighted by Gasteiger charge is -1.99. The highest BCUT2D eigenvalue weighted by molar-refractivity contribution is 5.84. The molecular weight excluding hydrogens is 202 g/mol. The first-order chi connectivity index (χ1) is 7.68. The maximum absolute atomic E-state index is 10.4. The molecule has 0 saturated carbocycles. The molecule has 0 amide bonds. The number of carboxylic acids is 1. The number of hydrogen-bond acceptors (Lipinski definition) is 1. The second-order valence-electron chi connectivity index (χ2n) is 3.72. The zero-order chi connectivity index (χ0) is 11.5. The SMILES string of the molecule is Cc1cn(CC=CC(=O)O)c2ccccc12. The Bertz CT molecular complexity index is 552. The lowest BCUT2D eigenvalue weighted by Crippen LogP contribution is -1.94. The maximum Gasteiger partial charge on any atom is 0.328 e. The number of nitrogens with zero attached hydrogens (tertiary/aromatic N) is 1. The van der Waals surface area contributed by atoms with Crippen LogP contribution in [0.2, 0.25) is 0 Å². The molecule has 0 fully saturated rings. The number of para-hydroxylation sites is 1. The monoisotopic (exact) mass is 215 g/mol. The molecule has 1 aromatic heterocycles. The van der Waals surface area contributed by atoms with Crippen LogP contribution in [-0.2, 0) is 11.3 Å². The van der Waals surface area contributed by atoms with Crippen LogP contribution < -0.4 is 0 Å². The van der Waals surface area contributed by atoms with Crippen molar-refractivity contribution in [3.8, 4) is 0 Å². The summed E-state index contributed by atoms with van der Waals surface area (Å²) in [6.45, 7) is 2.64. The number of hydrogen-bond donors (Lipinski definition) is 1. The third-order valence-electron chi connectivity index (χ3n) is 2.55. The third-order valence-corrected chi connectivity index (χ3v) is 2.55. The van der Waals surface area contributed by atoms with E-state index in [9.17, 15) is 4.79 Å². The summed E-state index contributed by atoms with van der Waals surface area (Å²) >= 11 is 0. The van der Waals surface area contributed by atoms with E-state index >= 15 is 0 Å². The summed E-state index contributed by atoms with van der Waals surface area (Å²) in [7, 11) is 0. The molecule has 3 heteroatoms. The Kier molecular flexibility index (Phi) is 2.77. The van der Waals surface area contributed by atoms with Gasteiger partial charge in [-0.15, -0.1) is 0 Å². The van der Waals surface area contributed by atoms with E-state index in [1.807, 2.05) is 29.0 Å². The number of benzene rings is 1. The number of fused-ring (bicyclic) bond motifs is 1. The summed E-state index contributed by atoms with van der Waals surface area (Å²) in [5.74, 6) is -0.909. The Hall–Kier alpha value is -2.03. The number of allylic oxidation sites excluding steroid dienone is 1. The lowest BCUT2D eigenvalue weighted by molar-refractivity contribution is -0.131. The van der Waals surface area contributed by atoms with Crippen LogP contribution in [0, 0.1) is 6.92 Å². The van der Waals surface area contributed by atoms with Crippen LogP contribution in [0.15, 0.2) is 42.6 Å². The highest BCUT2D eigenvalue weighted by Gasteiger charge is 2.02. The van der Waals surface area contributed by atoms with Gasteiger partial charge >= 0.3 is 5.97 Å². The Morgan fingerprint density at radius 2 is 2.19 bits per heavy atom.